The third-order valence-corrected chi connectivity index (χ3v) is 6.16. The first-order valence-electron chi connectivity index (χ1n) is 10.6. The molecule has 0 unspecified atom stereocenters. The summed E-state index contributed by atoms with van der Waals surface area (Å²) >= 11 is 5.99. The molecular formula is C25H25ClFN5O. The molecule has 1 amide bonds. The minimum Gasteiger partial charge on any atom is -0.366 e. The summed E-state index contributed by atoms with van der Waals surface area (Å²) in [6, 6.07) is 14.5. The lowest BCUT2D eigenvalue weighted by molar-refractivity contribution is 0.0946. The number of amides is 1. The standard InChI is InChI=1S/C25H25ClFN5O/c1-15-4-9-19(16-10-13-32-20(14-16)30-24(28)31-32)22(27)21(15)23(33)29-12-11-25(2,3)17-5-7-18(26)8-6-17/h4-10,13-14H,11-12H2,1-3H3,(H2,28,31)(H,29,33). The Kier molecular flexibility index (Phi) is 6.08. The summed E-state index contributed by atoms with van der Waals surface area (Å²) < 4.78 is 17.0. The van der Waals surface area contributed by atoms with E-state index in [1.807, 2.05) is 24.3 Å². The van der Waals surface area contributed by atoms with Gasteiger partial charge in [-0.05, 0) is 59.7 Å². The fraction of sp³-hybridized carbons (Fsp3) is 0.240. The molecule has 4 aromatic rings. The molecule has 170 valence electrons. The Morgan fingerprint density at radius 2 is 1.91 bits per heavy atom. The fourth-order valence-corrected chi connectivity index (χ4v) is 3.99. The van der Waals surface area contributed by atoms with Crippen LogP contribution in [0.5, 0.6) is 0 Å². The first-order chi connectivity index (χ1) is 15.7. The largest absolute Gasteiger partial charge is 0.366 e. The first kappa shape index (κ1) is 22.7. The van der Waals surface area contributed by atoms with E-state index in [-0.39, 0.29) is 16.9 Å². The molecule has 0 saturated heterocycles. The predicted octanol–water partition coefficient (Wildman–Crippen LogP) is 5.18. The maximum Gasteiger partial charge on any atom is 0.254 e. The molecule has 0 aliphatic heterocycles. The van der Waals surface area contributed by atoms with Crippen molar-refractivity contribution in [3.63, 3.8) is 0 Å². The van der Waals surface area contributed by atoms with Crippen LogP contribution in [0.15, 0.2) is 54.7 Å². The third-order valence-electron chi connectivity index (χ3n) is 5.90. The van der Waals surface area contributed by atoms with E-state index in [9.17, 15) is 4.79 Å². The average Bonchev–Trinajstić information content (AvgIpc) is 3.13. The van der Waals surface area contributed by atoms with Gasteiger partial charge in [-0.25, -0.2) is 8.91 Å². The van der Waals surface area contributed by atoms with Gasteiger partial charge in [-0.2, -0.15) is 4.98 Å². The summed E-state index contributed by atoms with van der Waals surface area (Å²) in [6.07, 6.45) is 2.34. The molecule has 8 heteroatoms. The third kappa shape index (κ3) is 4.68. The number of aryl methyl sites for hydroxylation is 1. The summed E-state index contributed by atoms with van der Waals surface area (Å²) in [5.74, 6) is -0.869. The molecule has 0 aliphatic rings. The number of hydrogen-bond acceptors (Lipinski definition) is 4. The second-order valence-corrected chi connectivity index (χ2v) is 9.14. The van der Waals surface area contributed by atoms with Crippen molar-refractivity contribution >= 4 is 29.1 Å². The number of aromatic nitrogens is 3. The van der Waals surface area contributed by atoms with Crippen LogP contribution < -0.4 is 11.1 Å². The number of rotatable bonds is 6. The van der Waals surface area contributed by atoms with E-state index in [0.717, 1.165) is 5.56 Å². The number of nitrogens with two attached hydrogens (primary N) is 1. The van der Waals surface area contributed by atoms with Crippen molar-refractivity contribution in [1.29, 1.82) is 0 Å². The molecule has 33 heavy (non-hydrogen) atoms. The van der Waals surface area contributed by atoms with Crippen molar-refractivity contribution in [3.05, 3.63) is 82.3 Å². The molecule has 0 aliphatic carbocycles. The van der Waals surface area contributed by atoms with Crippen LogP contribution in [0.25, 0.3) is 16.8 Å². The molecule has 6 nitrogen and oxygen atoms in total. The van der Waals surface area contributed by atoms with Crippen LogP contribution in [-0.4, -0.2) is 27.0 Å². The number of halogens is 2. The molecule has 0 spiro atoms. The Labute approximate surface area is 196 Å². The van der Waals surface area contributed by atoms with E-state index in [1.54, 1.807) is 37.4 Å². The van der Waals surface area contributed by atoms with Gasteiger partial charge in [-0.1, -0.05) is 49.7 Å². The summed E-state index contributed by atoms with van der Waals surface area (Å²) in [5, 5.41) is 7.59. The van der Waals surface area contributed by atoms with E-state index in [0.29, 0.717) is 40.3 Å². The Morgan fingerprint density at radius 3 is 2.64 bits per heavy atom. The zero-order valence-electron chi connectivity index (χ0n) is 18.7. The number of carbonyl (C=O) groups excluding carboxylic acids is 1. The van der Waals surface area contributed by atoms with Gasteiger partial charge in [0.15, 0.2) is 5.65 Å². The highest BCUT2D eigenvalue weighted by Crippen LogP contribution is 2.29. The van der Waals surface area contributed by atoms with Crippen molar-refractivity contribution in [2.45, 2.75) is 32.6 Å². The van der Waals surface area contributed by atoms with Crippen molar-refractivity contribution < 1.29 is 9.18 Å². The topological polar surface area (TPSA) is 85.3 Å². The maximum atomic E-state index is 15.5. The second-order valence-electron chi connectivity index (χ2n) is 8.70. The van der Waals surface area contributed by atoms with Crippen LogP contribution in [0.4, 0.5) is 10.3 Å². The van der Waals surface area contributed by atoms with Gasteiger partial charge < -0.3 is 11.1 Å². The van der Waals surface area contributed by atoms with Crippen molar-refractivity contribution in [1.82, 2.24) is 19.9 Å². The zero-order valence-corrected chi connectivity index (χ0v) is 19.4. The number of nitrogens with one attached hydrogen (secondary N) is 1. The number of hydrogen-bond donors (Lipinski definition) is 2. The monoisotopic (exact) mass is 465 g/mol. The van der Waals surface area contributed by atoms with Crippen LogP contribution >= 0.6 is 11.6 Å². The number of nitrogens with zero attached hydrogens (tertiary/aromatic N) is 3. The summed E-state index contributed by atoms with van der Waals surface area (Å²) in [7, 11) is 0. The number of fused-ring (bicyclic) bond motifs is 1. The number of carbonyl (C=O) groups is 1. The van der Waals surface area contributed by atoms with Crippen molar-refractivity contribution in [2.24, 2.45) is 0 Å². The Balaban J connectivity index is 1.53. The molecule has 4 rings (SSSR count). The minimum atomic E-state index is -0.568. The lowest BCUT2D eigenvalue weighted by Gasteiger charge is -2.25. The molecular weight excluding hydrogens is 441 g/mol. The van der Waals surface area contributed by atoms with Gasteiger partial charge in [0, 0.05) is 23.3 Å². The highest BCUT2D eigenvalue weighted by molar-refractivity contribution is 6.30. The van der Waals surface area contributed by atoms with E-state index in [1.165, 1.54) is 4.52 Å². The maximum absolute atomic E-state index is 15.5. The molecule has 0 saturated carbocycles. The quantitative estimate of drug-likeness (QED) is 0.411. The number of anilines is 1. The van der Waals surface area contributed by atoms with Gasteiger partial charge >= 0.3 is 0 Å². The number of benzene rings is 2. The average molecular weight is 466 g/mol. The normalized spacial score (nSPS) is 11.7. The fourth-order valence-electron chi connectivity index (χ4n) is 3.86. The zero-order chi connectivity index (χ0) is 23.8. The van der Waals surface area contributed by atoms with Gasteiger partial charge in [0.1, 0.15) is 5.82 Å². The van der Waals surface area contributed by atoms with Gasteiger partial charge in [0.25, 0.3) is 5.91 Å². The van der Waals surface area contributed by atoms with Crippen LogP contribution in [0.1, 0.15) is 41.8 Å². The first-order valence-corrected chi connectivity index (χ1v) is 11.0. The summed E-state index contributed by atoms with van der Waals surface area (Å²) in [4.78, 5) is 17.1. The van der Waals surface area contributed by atoms with E-state index in [2.05, 4.69) is 29.2 Å². The molecule has 2 heterocycles. The Bertz CT molecular complexity index is 1330. The van der Waals surface area contributed by atoms with Crippen LogP contribution in [0.2, 0.25) is 5.02 Å². The highest BCUT2D eigenvalue weighted by atomic mass is 35.5. The number of pyridine rings is 1. The molecule has 0 radical (unpaired) electrons. The van der Waals surface area contributed by atoms with Crippen molar-refractivity contribution in [2.75, 3.05) is 12.3 Å². The van der Waals surface area contributed by atoms with Gasteiger partial charge in [-0.15, -0.1) is 5.10 Å². The van der Waals surface area contributed by atoms with Crippen LogP contribution in [0.3, 0.4) is 0 Å². The van der Waals surface area contributed by atoms with Crippen LogP contribution in [-0.2, 0) is 5.41 Å². The van der Waals surface area contributed by atoms with Gasteiger partial charge in [-0.3, -0.25) is 4.79 Å². The SMILES string of the molecule is Cc1ccc(-c2ccn3nc(N)nc3c2)c(F)c1C(=O)NCCC(C)(C)c1ccc(Cl)cc1. The molecule has 2 aromatic heterocycles. The Hall–Kier alpha value is -3.45. The molecule has 0 bridgehead atoms. The van der Waals surface area contributed by atoms with E-state index in [4.69, 9.17) is 17.3 Å². The lowest BCUT2D eigenvalue weighted by atomic mass is 9.81. The molecule has 0 atom stereocenters. The van der Waals surface area contributed by atoms with E-state index < -0.39 is 11.7 Å². The van der Waals surface area contributed by atoms with Crippen molar-refractivity contribution in [3.8, 4) is 11.1 Å². The molecule has 2 aromatic carbocycles. The smallest absolute Gasteiger partial charge is 0.254 e. The minimum absolute atomic E-state index is 0.0395. The molecule has 3 N–H and O–H groups in total. The second kappa shape index (κ2) is 8.83. The highest BCUT2D eigenvalue weighted by Gasteiger charge is 2.23. The summed E-state index contributed by atoms with van der Waals surface area (Å²) in [6.45, 7) is 6.33. The Morgan fingerprint density at radius 1 is 1.18 bits per heavy atom. The predicted molar refractivity (Wildman–Crippen MR) is 129 cm³/mol. The summed E-state index contributed by atoms with van der Waals surface area (Å²) in [5.41, 5.74) is 8.59. The van der Waals surface area contributed by atoms with E-state index >= 15 is 4.39 Å². The number of nitrogen functional groups attached to an aromatic ring is 1. The van der Waals surface area contributed by atoms with Gasteiger partial charge in [0.2, 0.25) is 5.95 Å². The van der Waals surface area contributed by atoms with Gasteiger partial charge in [0.05, 0.1) is 5.56 Å². The van der Waals surface area contributed by atoms with Crippen LogP contribution in [0, 0.1) is 12.7 Å². The lowest BCUT2D eigenvalue weighted by Crippen LogP contribution is -2.31. The molecule has 0 fully saturated rings.